The molecule has 1 fully saturated rings. The predicted octanol–water partition coefficient (Wildman–Crippen LogP) is 7.46. The second-order valence-corrected chi connectivity index (χ2v) is 16.5. The number of rotatable bonds is 16. The molecule has 2 heterocycles. The Morgan fingerprint density at radius 2 is 1.61 bits per heavy atom. The number of aryl methyl sites for hydroxylation is 1. The van der Waals surface area contributed by atoms with Gasteiger partial charge in [-0.2, -0.15) is 0 Å². The molecule has 1 aliphatic rings. The molecular weight excluding hydrogens is 809 g/mol. The molecule has 1 unspecified atom stereocenters. The van der Waals surface area contributed by atoms with Crippen LogP contribution in [0.2, 0.25) is 0 Å². The third kappa shape index (κ3) is 11.6. The van der Waals surface area contributed by atoms with E-state index in [0.29, 0.717) is 85.3 Å². The number of phenolic OH excluding ortho intramolecular Hbond substituents is 1. The zero-order chi connectivity index (χ0) is 45.2. The van der Waals surface area contributed by atoms with Crippen molar-refractivity contribution in [3.05, 3.63) is 159 Å². The van der Waals surface area contributed by atoms with Gasteiger partial charge in [0.05, 0.1) is 17.3 Å². The summed E-state index contributed by atoms with van der Waals surface area (Å²) in [6.45, 7) is 6.56. The molecule has 1 aromatic heterocycles. The number of nitrogens with zero attached hydrogens (tertiary/aromatic N) is 2. The number of H-pyrrole nitrogens is 1. The number of aliphatic hydroxyl groups is 1. The number of phenols is 1. The zero-order valence-corrected chi connectivity index (χ0v) is 36.5. The van der Waals surface area contributed by atoms with E-state index in [0.717, 1.165) is 27.8 Å². The van der Waals surface area contributed by atoms with Gasteiger partial charge in [0.1, 0.15) is 11.9 Å². The molecule has 5 aromatic carbocycles. The Bertz CT molecular complexity index is 2630. The molecule has 1 aliphatic heterocycles. The molecule has 3 amide bonds. The molecule has 64 heavy (non-hydrogen) atoms. The van der Waals surface area contributed by atoms with Crippen LogP contribution in [-0.2, 0) is 22.5 Å². The summed E-state index contributed by atoms with van der Waals surface area (Å²) in [5.74, 6) is -0.347. The summed E-state index contributed by atoms with van der Waals surface area (Å²) in [6.07, 6.45) is 0.827. The quantitative estimate of drug-likeness (QED) is 0.0577. The number of carbonyl (C=O) groups is 3. The number of para-hydroxylation sites is 1. The van der Waals surface area contributed by atoms with Gasteiger partial charge in [0, 0.05) is 80.5 Å². The van der Waals surface area contributed by atoms with E-state index in [-0.39, 0.29) is 41.8 Å². The SMILES string of the molecule is Cc1ccc(C(=O)NCc2ccc(CC(C)NC[C@@H](O)c3ccc(O)c4[nH]c(=O)ccc34)cc2)cc1N(C)C(=O)CCN1CCC(OC(=O)Nc2ccccc2-c2ccccc2)CC1. The normalized spacial score (nSPS) is 14.1. The van der Waals surface area contributed by atoms with Gasteiger partial charge in [0.15, 0.2) is 0 Å². The molecule has 6 N–H and O–H groups in total. The first-order valence-corrected chi connectivity index (χ1v) is 21.8. The number of pyridine rings is 1. The first kappa shape index (κ1) is 45.2. The third-order valence-electron chi connectivity index (χ3n) is 11.8. The number of likely N-dealkylation sites (tertiary alicyclic amines) is 1. The lowest BCUT2D eigenvalue weighted by atomic mass is 10.0. The minimum Gasteiger partial charge on any atom is -0.506 e. The van der Waals surface area contributed by atoms with Crippen LogP contribution >= 0.6 is 0 Å². The number of aliphatic hydroxyl groups excluding tert-OH is 1. The number of ether oxygens (including phenoxy) is 1. The van der Waals surface area contributed by atoms with E-state index < -0.39 is 12.2 Å². The maximum atomic E-state index is 13.4. The number of benzene rings is 5. The van der Waals surface area contributed by atoms with Crippen molar-refractivity contribution in [2.24, 2.45) is 0 Å². The molecule has 13 heteroatoms. The number of aromatic hydroxyl groups is 1. The number of hydrogen-bond donors (Lipinski definition) is 6. The average Bonchev–Trinajstić information content (AvgIpc) is 3.30. The Morgan fingerprint density at radius 3 is 2.38 bits per heavy atom. The van der Waals surface area contributed by atoms with E-state index in [1.165, 1.54) is 12.1 Å². The summed E-state index contributed by atoms with van der Waals surface area (Å²) in [6, 6.07) is 37.1. The van der Waals surface area contributed by atoms with Gasteiger partial charge in [-0.05, 0) is 91.3 Å². The highest BCUT2D eigenvalue weighted by molar-refractivity contribution is 5.98. The van der Waals surface area contributed by atoms with Crippen LogP contribution in [0.5, 0.6) is 5.75 Å². The molecule has 0 aliphatic carbocycles. The number of amides is 3. The number of nitrogens with one attached hydrogen (secondary N) is 4. The Hall–Kier alpha value is -6.80. The largest absolute Gasteiger partial charge is 0.506 e. The molecule has 1 saturated heterocycles. The first-order valence-electron chi connectivity index (χ1n) is 21.8. The predicted molar refractivity (Wildman–Crippen MR) is 251 cm³/mol. The number of fused-ring (bicyclic) bond motifs is 1. The lowest BCUT2D eigenvalue weighted by molar-refractivity contribution is -0.118. The van der Waals surface area contributed by atoms with Crippen molar-refractivity contribution in [1.29, 1.82) is 0 Å². The Kier molecular flexibility index (Phi) is 14.9. The molecule has 0 spiro atoms. The van der Waals surface area contributed by atoms with Crippen molar-refractivity contribution >= 4 is 40.2 Å². The van der Waals surface area contributed by atoms with Crippen molar-refractivity contribution in [1.82, 2.24) is 20.5 Å². The number of aromatic amines is 1. The number of carbonyl (C=O) groups excluding carboxylic acids is 3. The number of piperidine rings is 1. The van der Waals surface area contributed by atoms with E-state index in [1.807, 2.05) is 98.8 Å². The van der Waals surface area contributed by atoms with E-state index in [9.17, 15) is 29.4 Å². The second kappa shape index (κ2) is 21.0. The molecule has 332 valence electrons. The van der Waals surface area contributed by atoms with E-state index in [1.54, 1.807) is 36.2 Å². The molecule has 6 aromatic rings. The highest BCUT2D eigenvalue weighted by Gasteiger charge is 2.24. The van der Waals surface area contributed by atoms with Crippen LogP contribution in [0, 0.1) is 6.92 Å². The third-order valence-corrected chi connectivity index (χ3v) is 11.8. The van der Waals surface area contributed by atoms with E-state index in [4.69, 9.17) is 4.74 Å². The molecular formula is C51H56N6O7. The van der Waals surface area contributed by atoms with Crippen LogP contribution in [0.15, 0.2) is 126 Å². The lowest BCUT2D eigenvalue weighted by Gasteiger charge is -2.32. The van der Waals surface area contributed by atoms with Gasteiger partial charge in [-0.25, -0.2) is 4.79 Å². The molecule has 13 nitrogen and oxygen atoms in total. The minimum atomic E-state index is -0.853. The summed E-state index contributed by atoms with van der Waals surface area (Å²) in [5, 5.41) is 31.0. The molecule has 0 radical (unpaired) electrons. The Labute approximate surface area is 373 Å². The Morgan fingerprint density at radius 1 is 0.891 bits per heavy atom. The topological polar surface area (TPSA) is 176 Å². The lowest BCUT2D eigenvalue weighted by Crippen LogP contribution is -2.40. The summed E-state index contributed by atoms with van der Waals surface area (Å²) >= 11 is 0. The van der Waals surface area contributed by atoms with Gasteiger partial charge in [0.25, 0.3) is 5.91 Å². The van der Waals surface area contributed by atoms with Crippen LogP contribution in [0.4, 0.5) is 16.2 Å². The summed E-state index contributed by atoms with van der Waals surface area (Å²) in [4.78, 5) is 57.8. The smallest absolute Gasteiger partial charge is 0.411 e. The molecule has 0 saturated carbocycles. The van der Waals surface area contributed by atoms with Gasteiger partial charge in [-0.1, -0.05) is 84.9 Å². The fraction of sp³-hybridized carbons (Fsp3) is 0.294. The van der Waals surface area contributed by atoms with Crippen LogP contribution < -0.4 is 26.4 Å². The minimum absolute atomic E-state index is 0.0404. The van der Waals surface area contributed by atoms with Gasteiger partial charge in [-0.3, -0.25) is 19.7 Å². The summed E-state index contributed by atoms with van der Waals surface area (Å²) in [5.41, 5.74) is 7.25. The summed E-state index contributed by atoms with van der Waals surface area (Å²) < 4.78 is 5.79. The van der Waals surface area contributed by atoms with Crippen LogP contribution in [0.3, 0.4) is 0 Å². The Balaban J connectivity index is 0.825. The van der Waals surface area contributed by atoms with Gasteiger partial charge >= 0.3 is 6.09 Å². The molecule has 0 bridgehead atoms. The zero-order valence-electron chi connectivity index (χ0n) is 36.5. The van der Waals surface area contributed by atoms with E-state index >= 15 is 0 Å². The van der Waals surface area contributed by atoms with Crippen LogP contribution in [-0.4, -0.2) is 83.4 Å². The maximum Gasteiger partial charge on any atom is 0.411 e. The van der Waals surface area contributed by atoms with Crippen molar-refractivity contribution < 1.29 is 29.3 Å². The first-order chi connectivity index (χ1) is 30.9. The van der Waals surface area contributed by atoms with Crippen molar-refractivity contribution in [3.63, 3.8) is 0 Å². The fourth-order valence-corrected chi connectivity index (χ4v) is 8.15. The standard InChI is InChI=1S/C51H56N6O7/c1-33-13-18-38(50(62)53-31-36-16-14-35(15-17-36)29-34(2)52-32-46(59)41-19-21-45(58)49-42(41)20-22-47(60)55-49)30-44(33)56(3)48(61)25-28-57-26-23-39(24-27-57)64-51(63)54-43-12-8-7-11-40(43)37-9-5-4-6-10-37/h4-22,30,34,39,46,52,58-59H,23-29,31-32H2,1-3H3,(H,53,62)(H,54,63)(H,55,60)/t34?,46-/m1/s1. The van der Waals surface area contributed by atoms with Gasteiger partial charge < -0.3 is 40.4 Å². The monoisotopic (exact) mass is 864 g/mol. The van der Waals surface area contributed by atoms with Crippen molar-refractivity contribution in [2.45, 2.75) is 64.3 Å². The number of aromatic nitrogens is 1. The van der Waals surface area contributed by atoms with E-state index in [2.05, 4.69) is 25.8 Å². The number of hydrogen-bond acceptors (Lipinski definition) is 9. The van der Waals surface area contributed by atoms with Crippen molar-refractivity contribution in [2.75, 3.05) is 43.4 Å². The highest BCUT2D eigenvalue weighted by atomic mass is 16.6. The average molecular weight is 865 g/mol. The summed E-state index contributed by atoms with van der Waals surface area (Å²) in [7, 11) is 1.74. The highest BCUT2D eigenvalue weighted by Crippen LogP contribution is 2.30. The van der Waals surface area contributed by atoms with Gasteiger partial charge in [-0.15, -0.1) is 0 Å². The number of anilines is 2. The van der Waals surface area contributed by atoms with Crippen LogP contribution in [0.25, 0.3) is 22.0 Å². The van der Waals surface area contributed by atoms with Crippen LogP contribution in [0.1, 0.15) is 64.9 Å². The molecule has 2 atom stereocenters. The molecule has 7 rings (SSSR count). The van der Waals surface area contributed by atoms with Crippen molar-refractivity contribution in [3.8, 4) is 16.9 Å². The second-order valence-electron chi connectivity index (χ2n) is 16.5. The maximum absolute atomic E-state index is 13.4. The fourth-order valence-electron chi connectivity index (χ4n) is 8.15. The van der Waals surface area contributed by atoms with Gasteiger partial charge in [0.2, 0.25) is 11.5 Å².